The Morgan fingerprint density at radius 1 is 1.04 bits per heavy atom. The van der Waals surface area contributed by atoms with Crippen LogP contribution in [0.2, 0.25) is 0 Å². The summed E-state index contributed by atoms with van der Waals surface area (Å²) in [7, 11) is 0. The highest BCUT2D eigenvalue weighted by atomic mass is 35.5. The fraction of sp³-hybridized carbons (Fsp3) is 0.316. The Balaban J connectivity index is 0.00000288. The van der Waals surface area contributed by atoms with Crippen molar-refractivity contribution < 1.29 is 9.53 Å². The van der Waals surface area contributed by atoms with Crippen LogP contribution in [-0.4, -0.2) is 12.0 Å². The molecule has 24 heavy (non-hydrogen) atoms. The van der Waals surface area contributed by atoms with Crippen LogP contribution in [0.15, 0.2) is 48.5 Å². The second-order valence-electron chi connectivity index (χ2n) is 5.83. The van der Waals surface area contributed by atoms with Crippen LogP contribution in [0, 0.1) is 0 Å². The lowest BCUT2D eigenvalue weighted by atomic mass is 10.1. The molecule has 0 aliphatic carbocycles. The van der Waals surface area contributed by atoms with Crippen LogP contribution >= 0.6 is 12.4 Å². The Hall–Kier alpha value is -2.04. The van der Waals surface area contributed by atoms with Crippen molar-refractivity contribution >= 4 is 18.3 Å². The van der Waals surface area contributed by atoms with Gasteiger partial charge in [0.1, 0.15) is 5.75 Å². The van der Waals surface area contributed by atoms with E-state index in [9.17, 15) is 4.79 Å². The maximum absolute atomic E-state index is 12.3. The van der Waals surface area contributed by atoms with Crippen LogP contribution < -0.4 is 15.8 Å². The molecule has 0 heterocycles. The summed E-state index contributed by atoms with van der Waals surface area (Å²) in [5, 5.41) is 3.00. The van der Waals surface area contributed by atoms with Gasteiger partial charge in [0.15, 0.2) is 0 Å². The molecule has 0 aliphatic rings. The van der Waals surface area contributed by atoms with Gasteiger partial charge in [0.2, 0.25) is 0 Å². The molecule has 0 bridgehead atoms. The van der Waals surface area contributed by atoms with E-state index in [1.54, 1.807) is 12.1 Å². The molecule has 5 heteroatoms. The molecular weight excluding hydrogens is 324 g/mol. The zero-order valence-corrected chi connectivity index (χ0v) is 15.1. The van der Waals surface area contributed by atoms with Gasteiger partial charge in [-0.25, -0.2) is 0 Å². The maximum Gasteiger partial charge on any atom is 0.251 e. The molecular formula is C19H25ClN2O2. The second kappa shape index (κ2) is 9.30. The SMILES string of the molecule is CC(C)Oc1ccc(C(C)NC(=O)c2ccc(CN)cc2)cc1.Cl. The van der Waals surface area contributed by atoms with Gasteiger partial charge in [0, 0.05) is 12.1 Å². The second-order valence-corrected chi connectivity index (χ2v) is 5.83. The normalized spacial score (nSPS) is 11.5. The number of ether oxygens (including phenoxy) is 1. The lowest BCUT2D eigenvalue weighted by molar-refractivity contribution is 0.0940. The summed E-state index contributed by atoms with van der Waals surface area (Å²) in [5.74, 6) is 0.739. The van der Waals surface area contributed by atoms with E-state index in [1.807, 2.05) is 57.2 Å². The van der Waals surface area contributed by atoms with E-state index < -0.39 is 0 Å². The molecule has 2 aromatic rings. The Labute approximate surface area is 149 Å². The first-order valence-electron chi connectivity index (χ1n) is 7.86. The number of nitrogens with two attached hydrogens (primary N) is 1. The molecule has 1 amide bonds. The zero-order chi connectivity index (χ0) is 16.8. The maximum atomic E-state index is 12.3. The molecule has 0 aliphatic heterocycles. The molecule has 2 aromatic carbocycles. The van der Waals surface area contributed by atoms with Crippen molar-refractivity contribution in [1.82, 2.24) is 5.32 Å². The topological polar surface area (TPSA) is 64.3 Å². The number of halogens is 1. The van der Waals surface area contributed by atoms with Crippen LogP contribution in [0.4, 0.5) is 0 Å². The first-order chi connectivity index (χ1) is 11.0. The smallest absolute Gasteiger partial charge is 0.251 e. The van der Waals surface area contributed by atoms with Crippen molar-refractivity contribution in [2.45, 2.75) is 39.5 Å². The quantitative estimate of drug-likeness (QED) is 0.833. The van der Waals surface area contributed by atoms with Gasteiger partial charge in [0.25, 0.3) is 5.91 Å². The molecule has 0 saturated heterocycles. The molecule has 0 aromatic heterocycles. The zero-order valence-electron chi connectivity index (χ0n) is 14.3. The van der Waals surface area contributed by atoms with Crippen molar-refractivity contribution in [3.63, 3.8) is 0 Å². The van der Waals surface area contributed by atoms with E-state index >= 15 is 0 Å². The number of hydrogen-bond acceptors (Lipinski definition) is 3. The third-order valence-electron chi connectivity index (χ3n) is 3.55. The molecule has 2 rings (SSSR count). The summed E-state index contributed by atoms with van der Waals surface area (Å²) in [6.07, 6.45) is 0.148. The molecule has 130 valence electrons. The number of nitrogens with one attached hydrogen (secondary N) is 1. The van der Waals surface area contributed by atoms with Gasteiger partial charge in [0.05, 0.1) is 12.1 Å². The summed E-state index contributed by atoms with van der Waals surface area (Å²) in [6, 6.07) is 15.1. The van der Waals surface area contributed by atoms with Crippen LogP contribution in [0.25, 0.3) is 0 Å². The first-order valence-corrected chi connectivity index (χ1v) is 7.86. The molecule has 0 saturated carbocycles. The summed E-state index contributed by atoms with van der Waals surface area (Å²) < 4.78 is 5.62. The number of rotatable bonds is 6. The highest BCUT2D eigenvalue weighted by molar-refractivity contribution is 5.94. The standard InChI is InChI=1S/C19H24N2O2.ClH/c1-13(2)23-18-10-8-16(9-11-18)14(3)21-19(22)17-6-4-15(12-20)5-7-17;/h4-11,13-14H,12,20H2,1-3H3,(H,21,22);1H. The fourth-order valence-corrected chi connectivity index (χ4v) is 2.26. The third-order valence-corrected chi connectivity index (χ3v) is 3.55. The van der Waals surface area contributed by atoms with E-state index in [0.29, 0.717) is 12.1 Å². The van der Waals surface area contributed by atoms with Gasteiger partial charge in [-0.05, 0) is 56.2 Å². The van der Waals surface area contributed by atoms with Crippen molar-refractivity contribution in [2.75, 3.05) is 0 Å². The molecule has 3 N–H and O–H groups in total. The van der Waals surface area contributed by atoms with Gasteiger partial charge in [-0.15, -0.1) is 12.4 Å². The Morgan fingerprint density at radius 2 is 1.62 bits per heavy atom. The highest BCUT2D eigenvalue weighted by Crippen LogP contribution is 2.19. The summed E-state index contributed by atoms with van der Waals surface area (Å²) in [4.78, 5) is 12.3. The molecule has 4 nitrogen and oxygen atoms in total. The lowest BCUT2D eigenvalue weighted by Gasteiger charge is -2.16. The van der Waals surface area contributed by atoms with Gasteiger partial charge in [-0.1, -0.05) is 24.3 Å². The number of hydrogen-bond donors (Lipinski definition) is 2. The van der Waals surface area contributed by atoms with Gasteiger partial charge < -0.3 is 15.8 Å². The van der Waals surface area contributed by atoms with Crippen LogP contribution in [0.5, 0.6) is 5.75 Å². The summed E-state index contributed by atoms with van der Waals surface area (Å²) >= 11 is 0. The largest absolute Gasteiger partial charge is 0.491 e. The Kier molecular flexibility index (Phi) is 7.75. The van der Waals surface area contributed by atoms with E-state index in [4.69, 9.17) is 10.5 Å². The van der Waals surface area contributed by atoms with Gasteiger partial charge >= 0.3 is 0 Å². The Morgan fingerprint density at radius 3 is 2.12 bits per heavy atom. The van der Waals surface area contributed by atoms with Gasteiger partial charge in [-0.3, -0.25) is 4.79 Å². The minimum atomic E-state index is -0.0939. The van der Waals surface area contributed by atoms with Crippen LogP contribution in [0.3, 0.4) is 0 Å². The van der Waals surface area contributed by atoms with Gasteiger partial charge in [-0.2, -0.15) is 0 Å². The third kappa shape index (κ3) is 5.55. The van der Waals surface area contributed by atoms with Crippen molar-refractivity contribution in [1.29, 1.82) is 0 Å². The van der Waals surface area contributed by atoms with E-state index in [0.717, 1.165) is 16.9 Å². The van der Waals surface area contributed by atoms with Crippen molar-refractivity contribution in [2.24, 2.45) is 5.73 Å². The minimum Gasteiger partial charge on any atom is -0.491 e. The summed E-state index contributed by atoms with van der Waals surface area (Å²) in [6.45, 7) is 6.42. The molecule has 1 unspecified atom stereocenters. The molecule has 0 radical (unpaired) electrons. The molecule has 0 spiro atoms. The first kappa shape index (κ1) is 20.0. The minimum absolute atomic E-state index is 0. The van der Waals surface area contributed by atoms with Crippen LogP contribution in [-0.2, 0) is 6.54 Å². The van der Waals surface area contributed by atoms with Crippen molar-refractivity contribution in [3.8, 4) is 5.75 Å². The lowest BCUT2D eigenvalue weighted by Crippen LogP contribution is -2.26. The predicted octanol–water partition coefficient (Wildman–Crippen LogP) is 3.85. The highest BCUT2D eigenvalue weighted by Gasteiger charge is 2.11. The molecule has 1 atom stereocenters. The van der Waals surface area contributed by atoms with Crippen molar-refractivity contribution in [3.05, 3.63) is 65.2 Å². The van der Waals surface area contributed by atoms with E-state index in [-0.39, 0.29) is 30.5 Å². The number of carbonyl (C=O) groups excluding carboxylic acids is 1. The predicted molar refractivity (Wildman–Crippen MR) is 99.7 cm³/mol. The number of amides is 1. The average molecular weight is 349 g/mol. The van der Waals surface area contributed by atoms with Crippen LogP contribution in [0.1, 0.15) is 48.3 Å². The molecule has 0 fully saturated rings. The number of benzene rings is 2. The Bertz CT molecular complexity index is 639. The van der Waals surface area contributed by atoms with E-state index in [2.05, 4.69) is 5.32 Å². The van der Waals surface area contributed by atoms with E-state index in [1.165, 1.54) is 0 Å². The average Bonchev–Trinajstić information content (AvgIpc) is 2.55. The number of carbonyl (C=O) groups is 1. The summed E-state index contributed by atoms with van der Waals surface area (Å²) in [5.41, 5.74) is 8.24. The fourth-order valence-electron chi connectivity index (χ4n) is 2.26. The monoisotopic (exact) mass is 348 g/mol.